The van der Waals surface area contributed by atoms with Crippen molar-refractivity contribution in [2.75, 3.05) is 18.4 Å². The first-order chi connectivity index (χ1) is 29.9. The van der Waals surface area contributed by atoms with Gasteiger partial charge in [0.1, 0.15) is 23.5 Å². The molecule has 1 unspecified atom stereocenters. The van der Waals surface area contributed by atoms with Crippen LogP contribution in [0.5, 0.6) is 0 Å². The fourth-order valence-corrected chi connectivity index (χ4v) is 11.8. The van der Waals surface area contributed by atoms with Crippen LogP contribution < -0.4 is 21.6 Å². The van der Waals surface area contributed by atoms with Crippen molar-refractivity contribution in [3.8, 4) is 0 Å². The number of likely N-dealkylation sites (tertiary alicyclic amines) is 1. The second kappa shape index (κ2) is 15.5. The first-order valence-electron chi connectivity index (χ1n) is 21.5. The second-order valence-corrected chi connectivity index (χ2v) is 18.5. The van der Waals surface area contributed by atoms with Gasteiger partial charge in [0.25, 0.3) is 5.91 Å². The smallest absolute Gasteiger partial charge is 0.329 e. The van der Waals surface area contributed by atoms with E-state index in [-0.39, 0.29) is 58.4 Å². The summed E-state index contributed by atoms with van der Waals surface area (Å²) in [6.07, 6.45) is 9.15. The van der Waals surface area contributed by atoms with Crippen molar-refractivity contribution < 1.29 is 28.0 Å². The number of nitrogens with zero attached hydrogens (tertiary/aromatic N) is 4. The van der Waals surface area contributed by atoms with Crippen LogP contribution in [0.25, 0.3) is 11.0 Å². The Morgan fingerprint density at radius 3 is 2.52 bits per heavy atom. The normalized spacial score (nSPS) is 24.9. The molecule has 3 saturated heterocycles. The van der Waals surface area contributed by atoms with Crippen molar-refractivity contribution >= 4 is 63.6 Å². The largest absolute Gasteiger partial charge is 0.446 e. The predicted octanol–water partition coefficient (Wildman–Crippen LogP) is 7.26. The SMILES string of the molecule is Cn1c(=O)n(C2CCC(=O)NC2=O)c2ccc(CCC3CCN(C(=O)c4coc([C@@H]5NC6(CCCCC6)[C@@]6(C(=O)Nc7cc(Cl)ccc76)[C@H]5c5cccc(Cl)c5F)n4)CC3)cc21. The Morgan fingerprint density at radius 2 is 1.74 bits per heavy atom. The molecule has 6 heterocycles. The molecule has 5 aromatic rings. The van der Waals surface area contributed by atoms with E-state index in [1.165, 1.54) is 16.9 Å². The molecule has 322 valence electrons. The molecule has 1 aliphatic carbocycles. The molecule has 1 saturated carbocycles. The molecule has 2 spiro atoms. The minimum Gasteiger partial charge on any atom is -0.446 e. The van der Waals surface area contributed by atoms with Crippen molar-refractivity contribution in [1.82, 2.24) is 29.7 Å². The van der Waals surface area contributed by atoms with Crippen molar-refractivity contribution in [2.24, 2.45) is 13.0 Å². The van der Waals surface area contributed by atoms with Gasteiger partial charge in [-0.05, 0) is 97.9 Å². The van der Waals surface area contributed by atoms with Crippen molar-refractivity contribution in [1.29, 1.82) is 0 Å². The van der Waals surface area contributed by atoms with Gasteiger partial charge >= 0.3 is 5.69 Å². The summed E-state index contributed by atoms with van der Waals surface area (Å²) >= 11 is 12.9. The molecule has 0 bridgehead atoms. The highest BCUT2D eigenvalue weighted by Gasteiger charge is 2.72. The summed E-state index contributed by atoms with van der Waals surface area (Å²) in [7, 11) is 1.69. The number of imide groups is 1. The molecule has 4 aliphatic heterocycles. The lowest BCUT2D eigenvalue weighted by molar-refractivity contribution is -0.135. The number of nitrogens with one attached hydrogen (secondary N) is 3. The Hall–Kier alpha value is -5.31. The molecule has 2 aromatic heterocycles. The maximum Gasteiger partial charge on any atom is 0.329 e. The number of amides is 4. The number of carbonyl (C=O) groups excluding carboxylic acids is 4. The fraction of sp³-hybridized carbons (Fsp3) is 0.435. The van der Waals surface area contributed by atoms with Crippen LogP contribution in [0.4, 0.5) is 10.1 Å². The quantitative estimate of drug-likeness (QED) is 0.144. The Balaban J connectivity index is 0.867. The standard InChI is InChI=1S/C46H46Cl2FN7O6/c1-54-35-22-26(10-13-33(35)56(44(54)61)34-14-15-36(57)52-40(34)58)9-8-25-16-20-55(21-17-25)42(59)32-24-62-41(50-32)39-37(28-6-5-7-30(48)38(28)49)46(45(53-39)18-3-2-4-19-45)29-12-11-27(47)23-31(29)51-43(46)60/h5-7,10-13,22-25,34,37,39,53H,2-4,8-9,14-21H2,1H3,(H,51,60)(H,52,57,58)/t34?,37-,39+,46+/m0/s1. The van der Waals surface area contributed by atoms with Gasteiger partial charge in [-0.3, -0.25) is 38.9 Å². The monoisotopic (exact) mass is 881 g/mol. The zero-order valence-electron chi connectivity index (χ0n) is 34.1. The fourth-order valence-electron chi connectivity index (χ4n) is 11.5. The van der Waals surface area contributed by atoms with E-state index in [0.717, 1.165) is 61.6 Å². The highest BCUT2D eigenvalue weighted by Crippen LogP contribution is 2.65. The van der Waals surface area contributed by atoms with E-state index in [4.69, 9.17) is 32.6 Å². The van der Waals surface area contributed by atoms with Gasteiger partial charge in [-0.1, -0.05) is 66.7 Å². The van der Waals surface area contributed by atoms with E-state index in [2.05, 4.69) is 16.0 Å². The van der Waals surface area contributed by atoms with E-state index < -0.39 is 40.7 Å². The number of oxazole rings is 1. The molecular weight excluding hydrogens is 836 g/mol. The number of aryl methyl sites for hydroxylation is 2. The van der Waals surface area contributed by atoms with Crippen LogP contribution in [0, 0.1) is 11.7 Å². The van der Waals surface area contributed by atoms with Gasteiger partial charge < -0.3 is 14.6 Å². The minimum atomic E-state index is -1.27. The number of rotatable bonds is 7. The van der Waals surface area contributed by atoms with Crippen LogP contribution in [0.1, 0.15) is 115 Å². The molecule has 5 aliphatic rings. The zero-order chi connectivity index (χ0) is 43.1. The average molecular weight is 883 g/mol. The van der Waals surface area contributed by atoms with E-state index in [9.17, 15) is 24.0 Å². The maximum atomic E-state index is 16.4. The number of piperidine rings is 2. The minimum absolute atomic E-state index is 0.0582. The lowest BCUT2D eigenvalue weighted by Gasteiger charge is -2.47. The van der Waals surface area contributed by atoms with Gasteiger partial charge in [-0.15, -0.1) is 0 Å². The van der Waals surface area contributed by atoms with Crippen LogP contribution >= 0.6 is 23.2 Å². The number of halogens is 3. The Labute approximate surface area is 366 Å². The van der Waals surface area contributed by atoms with Crippen LogP contribution in [0.15, 0.2) is 70.1 Å². The molecule has 16 heteroatoms. The molecule has 4 amide bonds. The highest BCUT2D eigenvalue weighted by molar-refractivity contribution is 6.31. The van der Waals surface area contributed by atoms with Crippen LogP contribution in [-0.4, -0.2) is 61.3 Å². The Bertz CT molecular complexity index is 2730. The summed E-state index contributed by atoms with van der Waals surface area (Å²) in [4.78, 5) is 73.0. The van der Waals surface area contributed by atoms with Gasteiger partial charge in [-0.2, -0.15) is 0 Å². The van der Waals surface area contributed by atoms with E-state index >= 15 is 4.39 Å². The number of hydrogen-bond donors (Lipinski definition) is 3. The third-order valence-corrected chi connectivity index (χ3v) is 15.0. The van der Waals surface area contributed by atoms with Gasteiger partial charge in [-0.25, -0.2) is 14.2 Å². The molecule has 0 radical (unpaired) electrons. The summed E-state index contributed by atoms with van der Waals surface area (Å²) in [6.45, 7) is 1.08. The number of imidazole rings is 1. The Kier molecular flexibility index (Phi) is 10.2. The first-order valence-corrected chi connectivity index (χ1v) is 22.3. The number of anilines is 1. The van der Waals surface area contributed by atoms with Crippen molar-refractivity contribution in [3.05, 3.63) is 115 Å². The molecule has 10 rings (SSSR count). The summed E-state index contributed by atoms with van der Waals surface area (Å²) in [5.74, 6) is -2.18. The number of hydrogen-bond acceptors (Lipinski definition) is 8. The molecule has 3 N–H and O–H groups in total. The van der Waals surface area contributed by atoms with Gasteiger partial charge in [0.2, 0.25) is 23.6 Å². The molecule has 4 fully saturated rings. The van der Waals surface area contributed by atoms with Crippen LogP contribution in [0.3, 0.4) is 0 Å². The van der Waals surface area contributed by atoms with Gasteiger partial charge in [0, 0.05) is 48.7 Å². The van der Waals surface area contributed by atoms with Crippen molar-refractivity contribution in [2.45, 2.75) is 99.6 Å². The summed E-state index contributed by atoms with van der Waals surface area (Å²) in [5.41, 5.74) is 1.82. The molecule has 62 heavy (non-hydrogen) atoms. The number of benzene rings is 3. The third kappa shape index (κ3) is 6.34. The average Bonchev–Trinajstić information content (AvgIpc) is 4.00. The van der Waals surface area contributed by atoms with Crippen LogP contribution in [0.2, 0.25) is 10.0 Å². The topological polar surface area (TPSA) is 161 Å². The summed E-state index contributed by atoms with van der Waals surface area (Å²) in [5, 5.41) is 9.67. The zero-order valence-corrected chi connectivity index (χ0v) is 35.7. The number of aromatic nitrogens is 3. The number of carbonyl (C=O) groups is 4. The Morgan fingerprint density at radius 1 is 0.952 bits per heavy atom. The molecule has 4 atom stereocenters. The van der Waals surface area contributed by atoms with E-state index in [1.807, 2.05) is 24.3 Å². The van der Waals surface area contributed by atoms with Gasteiger partial charge in [0.15, 0.2) is 5.69 Å². The second-order valence-electron chi connectivity index (χ2n) is 17.7. The lowest BCUT2D eigenvalue weighted by Crippen LogP contribution is -2.60. The lowest BCUT2D eigenvalue weighted by atomic mass is 9.55. The molecule has 13 nitrogen and oxygen atoms in total. The predicted molar refractivity (Wildman–Crippen MR) is 230 cm³/mol. The summed E-state index contributed by atoms with van der Waals surface area (Å²) in [6, 6.07) is 14.6. The van der Waals surface area contributed by atoms with Crippen molar-refractivity contribution in [3.63, 3.8) is 0 Å². The van der Waals surface area contributed by atoms with E-state index in [1.54, 1.807) is 40.8 Å². The first kappa shape index (κ1) is 40.7. The van der Waals surface area contributed by atoms with Gasteiger partial charge in [0.05, 0.1) is 22.1 Å². The number of fused-ring (bicyclic) bond motifs is 4. The summed E-state index contributed by atoms with van der Waals surface area (Å²) < 4.78 is 25.6. The highest BCUT2D eigenvalue weighted by atomic mass is 35.5. The van der Waals surface area contributed by atoms with E-state index in [0.29, 0.717) is 48.1 Å². The maximum absolute atomic E-state index is 16.4. The molecule has 3 aromatic carbocycles. The van der Waals surface area contributed by atoms with Crippen LogP contribution in [-0.2, 0) is 33.3 Å². The molecular formula is C46H46Cl2FN7O6. The third-order valence-electron chi connectivity index (χ3n) is 14.4.